The normalized spacial score (nSPS) is 28.1. The Morgan fingerprint density at radius 3 is 2.45 bits per heavy atom. The van der Waals surface area contributed by atoms with Crippen LogP contribution >= 0.6 is 0 Å². The lowest BCUT2D eigenvalue weighted by Crippen LogP contribution is -2.39. The second-order valence-electron chi connectivity index (χ2n) is 8.49. The molecule has 3 aliphatic carbocycles. The molecule has 0 aliphatic heterocycles. The van der Waals surface area contributed by atoms with Crippen LogP contribution in [0.4, 0.5) is 14.7 Å². The van der Waals surface area contributed by atoms with E-state index in [9.17, 15) is 18.4 Å². The molecule has 0 radical (unpaired) electrons. The van der Waals surface area contributed by atoms with Gasteiger partial charge >= 0.3 is 0 Å². The largest absolute Gasteiger partial charge is 0.353 e. The van der Waals surface area contributed by atoms with E-state index in [2.05, 4.69) is 20.7 Å². The summed E-state index contributed by atoms with van der Waals surface area (Å²) in [7, 11) is 0. The summed E-state index contributed by atoms with van der Waals surface area (Å²) >= 11 is 0. The molecule has 2 heterocycles. The lowest BCUT2D eigenvalue weighted by atomic mass is 9.83. The number of aromatic nitrogens is 3. The molecule has 1 atom stereocenters. The molecule has 9 heteroatoms. The lowest BCUT2D eigenvalue weighted by Gasteiger charge is -2.29. The van der Waals surface area contributed by atoms with Crippen LogP contribution in [-0.2, 0) is 9.59 Å². The summed E-state index contributed by atoms with van der Waals surface area (Å²) in [6.45, 7) is 0. The number of hydrogen-bond donors (Lipinski definition) is 2. The Kier molecular flexibility index (Phi) is 4.29. The molecule has 7 nitrogen and oxygen atoms in total. The number of amides is 2. The van der Waals surface area contributed by atoms with Gasteiger partial charge in [-0.05, 0) is 50.7 Å². The van der Waals surface area contributed by atoms with Crippen LogP contribution in [0.1, 0.15) is 56.6 Å². The van der Waals surface area contributed by atoms with Gasteiger partial charge < -0.3 is 5.32 Å². The third-order valence-corrected chi connectivity index (χ3v) is 6.21. The van der Waals surface area contributed by atoms with Crippen LogP contribution in [-0.4, -0.2) is 38.4 Å². The molecule has 0 saturated heterocycles. The highest BCUT2D eigenvalue weighted by Gasteiger charge is 2.61. The van der Waals surface area contributed by atoms with Crippen molar-refractivity contribution in [3.63, 3.8) is 0 Å². The summed E-state index contributed by atoms with van der Waals surface area (Å²) in [5, 5.41) is 10.0. The number of nitrogens with zero attached hydrogens (tertiary/aromatic N) is 3. The molecular formula is C20H23F2N5O2. The molecule has 2 aromatic rings. The Bertz CT molecular complexity index is 963. The quantitative estimate of drug-likeness (QED) is 0.804. The minimum absolute atomic E-state index is 0.0278. The summed E-state index contributed by atoms with van der Waals surface area (Å²) in [4.78, 5) is 28.3. The molecule has 0 bridgehead atoms. The van der Waals surface area contributed by atoms with Gasteiger partial charge in [-0.25, -0.2) is 13.3 Å². The van der Waals surface area contributed by atoms with Gasteiger partial charge in [-0.1, -0.05) is 6.07 Å². The van der Waals surface area contributed by atoms with E-state index in [4.69, 9.17) is 0 Å². The molecule has 2 amide bonds. The fourth-order valence-electron chi connectivity index (χ4n) is 4.18. The Morgan fingerprint density at radius 1 is 1.07 bits per heavy atom. The summed E-state index contributed by atoms with van der Waals surface area (Å²) in [5.41, 5.74) is 1.69. The third-order valence-electron chi connectivity index (χ3n) is 6.21. The van der Waals surface area contributed by atoms with Gasteiger partial charge in [0.05, 0.1) is 0 Å². The zero-order valence-electron chi connectivity index (χ0n) is 15.9. The van der Waals surface area contributed by atoms with Crippen LogP contribution in [0.3, 0.4) is 0 Å². The highest BCUT2D eigenvalue weighted by molar-refractivity contribution is 5.92. The topological polar surface area (TPSA) is 88.4 Å². The van der Waals surface area contributed by atoms with Crippen molar-refractivity contribution in [3.05, 3.63) is 23.9 Å². The maximum Gasteiger partial charge on any atom is 0.260 e. The molecule has 0 aromatic carbocycles. The summed E-state index contributed by atoms with van der Waals surface area (Å²) < 4.78 is 27.9. The van der Waals surface area contributed by atoms with Gasteiger partial charge in [-0.15, -0.1) is 5.10 Å². The number of fused-ring (bicyclic) bond motifs is 1. The van der Waals surface area contributed by atoms with Crippen molar-refractivity contribution in [1.82, 2.24) is 19.9 Å². The first-order valence-electron chi connectivity index (χ1n) is 10.3. The Morgan fingerprint density at radius 2 is 1.79 bits per heavy atom. The van der Waals surface area contributed by atoms with Crippen molar-refractivity contribution in [1.29, 1.82) is 0 Å². The predicted octanol–water partition coefficient (Wildman–Crippen LogP) is 2.88. The SMILES string of the molecule is O=C(Nc1nc2cccc(C3CCC(NC(=O)C4CC4(F)F)CC3)n2n1)C1CC1. The number of pyridine rings is 1. The van der Waals surface area contributed by atoms with Gasteiger partial charge in [0.2, 0.25) is 17.8 Å². The van der Waals surface area contributed by atoms with E-state index in [1.165, 1.54) is 0 Å². The minimum Gasteiger partial charge on any atom is -0.353 e. The standard InChI is InChI=1S/C20H23F2N5O2/c21-20(22)10-14(20)18(29)23-13-8-6-11(7-9-13)15-2-1-3-16-24-19(26-27(15)16)25-17(28)12-4-5-12/h1-3,11-14H,4-10H2,(H,23,29)(H,25,26,28). The summed E-state index contributed by atoms with van der Waals surface area (Å²) in [6.07, 6.45) is 4.65. The molecule has 29 heavy (non-hydrogen) atoms. The highest BCUT2D eigenvalue weighted by Crippen LogP contribution is 2.48. The molecule has 0 spiro atoms. The maximum atomic E-state index is 13.1. The van der Waals surface area contributed by atoms with Gasteiger partial charge in [0.1, 0.15) is 5.92 Å². The van der Waals surface area contributed by atoms with E-state index in [0.29, 0.717) is 11.6 Å². The van der Waals surface area contributed by atoms with E-state index in [1.54, 1.807) is 4.52 Å². The zero-order valence-corrected chi connectivity index (χ0v) is 15.9. The molecular weight excluding hydrogens is 380 g/mol. The van der Waals surface area contributed by atoms with E-state index >= 15 is 0 Å². The van der Waals surface area contributed by atoms with Crippen molar-refractivity contribution in [2.45, 2.75) is 62.8 Å². The van der Waals surface area contributed by atoms with Crippen molar-refractivity contribution in [2.24, 2.45) is 11.8 Å². The average Bonchev–Trinajstić information content (AvgIpc) is 3.59. The van der Waals surface area contributed by atoms with Crippen molar-refractivity contribution in [3.8, 4) is 0 Å². The first-order valence-corrected chi connectivity index (χ1v) is 10.3. The Balaban J connectivity index is 1.24. The van der Waals surface area contributed by atoms with E-state index in [1.807, 2.05) is 18.2 Å². The first kappa shape index (κ1) is 18.4. The van der Waals surface area contributed by atoms with Crippen LogP contribution in [0.5, 0.6) is 0 Å². The molecule has 2 aromatic heterocycles. The zero-order chi connectivity index (χ0) is 20.2. The van der Waals surface area contributed by atoms with E-state index < -0.39 is 17.7 Å². The van der Waals surface area contributed by atoms with Gasteiger partial charge in [0, 0.05) is 30.0 Å². The fraction of sp³-hybridized carbons (Fsp3) is 0.600. The van der Waals surface area contributed by atoms with Crippen LogP contribution in [0.15, 0.2) is 18.2 Å². The van der Waals surface area contributed by atoms with Crippen molar-refractivity contribution < 1.29 is 18.4 Å². The molecule has 2 N–H and O–H groups in total. The number of hydrogen-bond acceptors (Lipinski definition) is 4. The second kappa shape index (κ2) is 6.74. The van der Waals surface area contributed by atoms with Crippen molar-refractivity contribution >= 4 is 23.4 Å². The van der Waals surface area contributed by atoms with E-state index in [0.717, 1.165) is 44.2 Å². The monoisotopic (exact) mass is 403 g/mol. The van der Waals surface area contributed by atoms with Crippen LogP contribution in [0, 0.1) is 11.8 Å². The van der Waals surface area contributed by atoms with Crippen LogP contribution in [0.25, 0.3) is 5.65 Å². The molecule has 5 rings (SSSR count). The maximum absolute atomic E-state index is 13.1. The van der Waals surface area contributed by atoms with Gasteiger partial charge in [0.15, 0.2) is 5.65 Å². The molecule has 154 valence electrons. The second-order valence-corrected chi connectivity index (χ2v) is 8.49. The third kappa shape index (κ3) is 3.70. The smallest absolute Gasteiger partial charge is 0.260 e. The number of carbonyl (C=O) groups is 2. The highest BCUT2D eigenvalue weighted by atomic mass is 19.3. The van der Waals surface area contributed by atoms with Gasteiger partial charge in [-0.3, -0.25) is 14.9 Å². The lowest BCUT2D eigenvalue weighted by molar-refractivity contribution is -0.125. The molecule has 3 aliphatic rings. The number of nitrogens with one attached hydrogen (secondary N) is 2. The number of carbonyl (C=O) groups excluding carboxylic acids is 2. The van der Waals surface area contributed by atoms with Crippen LogP contribution < -0.4 is 10.6 Å². The molecule has 3 fully saturated rings. The predicted molar refractivity (Wildman–Crippen MR) is 101 cm³/mol. The van der Waals surface area contributed by atoms with Gasteiger partial charge in [0.25, 0.3) is 5.92 Å². The summed E-state index contributed by atoms with van der Waals surface area (Å²) in [6, 6.07) is 5.72. The number of alkyl halides is 2. The number of halogens is 2. The summed E-state index contributed by atoms with van der Waals surface area (Å²) in [5.74, 6) is -3.87. The Labute approximate surface area is 166 Å². The molecule has 1 unspecified atom stereocenters. The first-order chi connectivity index (χ1) is 13.9. The fourth-order valence-corrected chi connectivity index (χ4v) is 4.18. The average molecular weight is 403 g/mol. The Hall–Kier alpha value is -2.58. The molecule has 3 saturated carbocycles. The number of rotatable bonds is 5. The number of anilines is 1. The van der Waals surface area contributed by atoms with Crippen molar-refractivity contribution in [2.75, 3.05) is 5.32 Å². The van der Waals surface area contributed by atoms with E-state index in [-0.39, 0.29) is 30.2 Å². The minimum atomic E-state index is -2.82. The van der Waals surface area contributed by atoms with Gasteiger partial charge in [-0.2, -0.15) is 4.98 Å². The van der Waals surface area contributed by atoms with Crippen LogP contribution in [0.2, 0.25) is 0 Å².